The molecule has 5 fully saturated rings. The smallest absolute Gasteiger partial charge is 0.217 e. The predicted molar refractivity (Wildman–Crippen MR) is 214 cm³/mol. The van der Waals surface area contributed by atoms with E-state index in [1.807, 2.05) is 0 Å². The maximum Gasteiger partial charge on any atom is 0.217 e. The minimum Gasteiger partial charge on any atom is -0.394 e. The Balaban J connectivity index is 1.28. The third-order valence-corrected chi connectivity index (χ3v) is 12.2. The third kappa shape index (κ3) is 13.2. The summed E-state index contributed by atoms with van der Waals surface area (Å²) in [5.41, 5.74) is 8.37. The molecule has 0 bridgehead atoms. The van der Waals surface area contributed by atoms with Gasteiger partial charge in [-0.15, -0.1) is 0 Å². The Morgan fingerprint density at radius 3 is 1.43 bits per heavy atom. The highest BCUT2D eigenvalue weighted by Gasteiger charge is 2.57. The van der Waals surface area contributed by atoms with Crippen LogP contribution in [-0.2, 0) is 52.2 Å². The Bertz CT molecular complexity index is 1570. The van der Waals surface area contributed by atoms with E-state index in [2.05, 4.69) is 15.3 Å². The first-order chi connectivity index (χ1) is 32.5. The Hall–Kier alpha value is -2.22. The topological polar surface area (TPSA) is 474 Å². The van der Waals surface area contributed by atoms with Crippen molar-refractivity contribution in [2.45, 2.75) is 186 Å². The van der Waals surface area contributed by atoms with Crippen molar-refractivity contribution in [3.63, 3.8) is 0 Å². The van der Waals surface area contributed by atoms with E-state index >= 15 is 0 Å². The zero-order valence-electron chi connectivity index (χ0n) is 36.8. The van der Waals surface area contributed by atoms with Crippen LogP contribution < -0.4 is 5.32 Å². The van der Waals surface area contributed by atoms with Crippen LogP contribution in [0.3, 0.4) is 0 Å². The van der Waals surface area contributed by atoms with Gasteiger partial charge in [0.1, 0.15) is 122 Å². The number of aliphatic hydroxyl groups is 15. The van der Waals surface area contributed by atoms with Crippen LogP contribution in [0.1, 0.15) is 32.6 Å². The monoisotopic (exact) mass is 994 g/mol. The number of ether oxygens (including phenoxy) is 10. The number of aliphatic hydroxyl groups excluding tert-OH is 15. The fourth-order valence-corrected chi connectivity index (χ4v) is 8.43. The number of rotatable bonds is 22. The second-order valence-electron chi connectivity index (χ2n) is 16.9. The summed E-state index contributed by atoms with van der Waals surface area (Å²) in [6.07, 6.45) is -41.0. The average Bonchev–Trinajstić information content (AvgIpc) is 3.32. The van der Waals surface area contributed by atoms with Crippen LogP contribution in [0, 0.1) is 0 Å². The molecule has 30 heteroatoms. The zero-order chi connectivity index (χ0) is 50.0. The normalized spacial score (nSPS) is 45.6. The molecule has 5 aliphatic rings. The molecular weight excluding hydrogens is 928 g/mol. The quantitative estimate of drug-likeness (QED) is 0.0207. The van der Waals surface area contributed by atoms with Gasteiger partial charge in [-0.3, -0.25) is 4.79 Å². The van der Waals surface area contributed by atoms with Gasteiger partial charge in [0.2, 0.25) is 5.91 Å². The molecule has 0 saturated carbocycles. The molecule has 0 aliphatic carbocycles. The van der Waals surface area contributed by atoms with Crippen LogP contribution in [0.25, 0.3) is 10.4 Å². The van der Waals surface area contributed by atoms with Gasteiger partial charge in [-0.1, -0.05) is 18.0 Å². The highest BCUT2D eigenvalue weighted by Crippen LogP contribution is 2.36. The minimum absolute atomic E-state index is 0.0877. The summed E-state index contributed by atoms with van der Waals surface area (Å²) in [7, 11) is 0. The molecule has 5 aliphatic heterocycles. The van der Waals surface area contributed by atoms with E-state index in [1.165, 1.54) is 0 Å². The SMILES string of the molecule is CC(=O)N[C@H]1[C@H](O[C@H]2[C@@H](O)[C@@H](CO)O[C@H](O[C@@H]3[C@H](O)[C@@H](O)[C@H](O[C@H]4[C@H](O)[C@@H](O)[C@H](OCCCCCCN=[N+]=[N-])O[C@@H]4CO)O[C@@H]3CO)[C@@H]2O)O[C@H](CO)[C@H](O)[C@@H]1O[C@@H]1O[C@H](CO)[C@H](O)[C@H](O)[C@H]1O. The summed E-state index contributed by atoms with van der Waals surface area (Å²) in [6, 6.07) is -1.68. The van der Waals surface area contributed by atoms with Gasteiger partial charge >= 0.3 is 0 Å². The number of hydrogen-bond donors (Lipinski definition) is 16. The number of carbonyl (C=O) groups is 1. The first-order valence-electron chi connectivity index (χ1n) is 22.1. The lowest BCUT2D eigenvalue weighted by atomic mass is 9.94. The van der Waals surface area contributed by atoms with Gasteiger partial charge in [-0.2, -0.15) is 0 Å². The molecule has 0 spiro atoms. The average molecular weight is 995 g/mol. The van der Waals surface area contributed by atoms with E-state index in [4.69, 9.17) is 52.9 Å². The van der Waals surface area contributed by atoms with Crippen molar-refractivity contribution < 1.29 is 129 Å². The van der Waals surface area contributed by atoms with Gasteiger partial charge in [0, 0.05) is 25.0 Å². The first-order valence-corrected chi connectivity index (χ1v) is 22.1. The molecule has 0 radical (unpaired) electrons. The Morgan fingerprint density at radius 1 is 0.485 bits per heavy atom. The molecule has 394 valence electrons. The zero-order valence-corrected chi connectivity index (χ0v) is 36.8. The molecule has 5 rings (SSSR count). The number of azide groups is 1. The van der Waals surface area contributed by atoms with Crippen LogP contribution >= 0.6 is 0 Å². The van der Waals surface area contributed by atoms with Crippen LogP contribution in [0.15, 0.2) is 5.11 Å². The van der Waals surface area contributed by atoms with Crippen LogP contribution in [-0.4, -0.2) is 282 Å². The third-order valence-electron chi connectivity index (χ3n) is 12.2. The van der Waals surface area contributed by atoms with Gasteiger partial charge in [0.05, 0.1) is 33.0 Å². The van der Waals surface area contributed by atoms with E-state index in [0.717, 1.165) is 13.3 Å². The van der Waals surface area contributed by atoms with Crippen molar-refractivity contribution in [2.24, 2.45) is 5.11 Å². The minimum atomic E-state index is -2.16. The van der Waals surface area contributed by atoms with Crippen LogP contribution in [0.5, 0.6) is 0 Å². The summed E-state index contributed by atoms with van der Waals surface area (Å²) >= 11 is 0. The molecule has 0 aromatic heterocycles. The summed E-state index contributed by atoms with van der Waals surface area (Å²) in [5, 5.41) is 166. The van der Waals surface area contributed by atoms with Crippen molar-refractivity contribution in [1.82, 2.24) is 5.32 Å². The van der Waals surface area contributed by atoms with E-state index in [1.54, 1.807) is 0 Å². The van der Waals surface area contributed by atoms with Crippen molar-refractivity contribution in [3.8, 4) is 0 Å². The van der Waals surface area contributed by atoms with Crippen molar-refractivity contribution in [2.75, 3.05) is 46.2 Å². The van der Waals surface area contributed by atoms with Gasteiger partial charge in [-0.25, -0.2) is 0 Å². The molecule has 1 amide bonds. The van der Waals surface area contributed by atoms with Gasteiger partial charge < -0.3 is 129 Å². The Labute approximate surface area is 387 Å². The van der Waals surface area contributed by atoms with E-state index < -0.39 is 192 Å². The molecule has 0 aromatic rings. The highest BCUT2D eigenvalue weighted by atomic mass is 16.8. The number of nitrogens with zero attached hydrogens (tertiary/aromatic N) is 3. The maximum atomic E-state index is 12.5. The summed E-state index contributed by atoms with van der Waals surface area (Å²) in [4.78, 5) is 15.2. The largest absolute Gasteiger partial charge is 0.394 e. The number of carbonyl (C=O) groups excluding carboxylic acids is 1. The lowest BCUT2D eigenvalue weighted by molar-refractivity contribution is -0.389. The molecule has 0 aromatic carbocycles. The van der Waals surface area contributed by atoms with Crippen molar-refractivity contribution in [3.05, 3.63) is 10.4 Å². The Morgan fingerprint density at radius 2 is 0.897 bits per heavy atom. The highest BCUT2D eigenvalue weighted by molar-refractivity contribution is 5.73. The van der Waals surface area contributed by atoms with Crippen molar-refractivity contribution >= 4 is 5.91 Å². The second kappa shape index (κ2) is 26.5. The number of unbranched alkanes of at least 4 members (excludes halogenated alkanes) is 3. The summed E-state index contributed by atoms with van der Waals surface area (Å²) in [6.45, 7) is -3.10. The molecule has 30 nitrogen and oxygen atoms in total. The molecule has 5 heterocycles. The second-order valence-corrected chi connectivity index (χ2v) is 16.9. The molecule has 16 N–H and O–H groups in total. The number of nitrogens with one attached hydrogen (secondary N) is 1. The van der Waals surface area contributed by atoms with Gasteiger partial charge in [0.15, 0.2) is 31.5 Å². The lowest BCUT2D eigenvalue weighted by Gasteiger charge is -2.50. The molecule has 5 saturated heterocycles. The summed E-state index contributed by atoms with van der Waals surface area (Å²) in [5.74, 6) is -0.806. The Kier molecular flexibility index (Phi) is 22.1. The van der Waals surface area contributed by atoms with Gasteiger partial charge in [0.25, 0.3) is 0 Å². The summed E-state index contributed by atoms with van der Waals surface area (Å²) < 4.78 is 57.0. The van der Waals surface area contributed by atoms with Crippen molar-refractivity contribution in [1.29, 1.82) is 0 Å². The van der Waals surface area contributed by atoms with Gasteiger partial charge in [-0.05, 0) is 18.4 Å². The van der Waals surface area contributed by atoms with E-state index in [0.29, 0.717) is 25.8 Å². The predicted octanol–water partition coefficient (Wildman–Crippen LogP) is -8.89. The fraction of sp³-hybridized carbons (Fsp3) is 0.974. The standard InChI is InChI=1S/C38H66N4O26/c1-13(48)41-19-32(67-36-26(55)23(52)20(49)14(8-43)61-36)21(50)15(9-44)60-34(19)68-33-22(51)16(10-45)62-38(29(33)58)66-31-18(12-47)64-37(28(57)25(31)54)65-30-17(11-46)63-35(27(56)24(30)53)59-7-5-3-2-4-6-40-42-39/h14-38,43-47,49-58H,2-12H2,1H3,(H,41,48)/t14-,15-,16-,17-,18-,19-,20+,21+,22+,23+,24-,25-,26-,27-,28-,29-,30-,31+,32-,33+,34+,35-,36+,37+,38-/m1/s1. The lowest BCUT2D eigenvalue weighted by Crippen LogP contribution is -2.70. The van der Waals surface area contributed by atoms with E-state index in [9.17, 15) is 81.4 Å². The number of hydrogen-bond acceptors (Lipinski definition) is 27. The molecule has 25 atom stereocenters. The molecule has 0 unspecified atom stereocenters. The molecular formula is C38H66N4O26. The maximum absolute atomic E-state index is 12.5. The van der Waals surface area contributed by atoms with Crippen LogP contribution in [0.4, 0.5) is 0 Å². The molecule has 68 heavy (non-hydrogen) atoms. The fourth-order valence-electron chi connectivity index (χ4n) is 8.43. The van der Waals surface area contributed by atoms with E-state index in [-0.39, 0.29) is 6.61 Å². The van der Waals surface area contributed by atoms with Crippen LogP contribution in [0.2, 0.25) is 0 Å². The number of amides is 1. The first kappa shape index (κ1) is 56.7.